The zero-order valence-corrected chi connectivity index (χ0v) is 23.2. The van der Waals surface area contributed by atoms with Gasteiger partial charge in [0.15, 0.2) is 5.11 Å². The van der Waals surface area contributed by atoms with Gasteiger partial charge in [-0.3, -0.25) is 9.13 Å². The molecule has 0 aliphatic carbocycles. The normalized spacial score (nSPS) is 17.5. The lowest BCUT2D eigenvalue weighted by Gasteiger charge is -2.34. The van der Waals surface area contributed by atoms with Crippen LogP contribution >= 0.6 is 12.2 Å². The van der Waals surface area contributed by atoms with E-state index in [0.29, 0.717) is 5.92 Å². The fourth-order valence-corrected chi connectivity index (χ4v) is 6.36. The smallest absolute Gasteiger partial charge is 0.329 e. The van der Waals surface area contributed by atoms with Gasteiger partial charge >= 0.3 is 5.69 Å². The van der Waals surface area contributed by atoms with Crippen LogP contribution in [0.5, 0.6) is 0 Å². The molecule has 2 aliphatic rings. The van der Waals surface area contributed by atoms with Crippen LogP contribution in [0, 0.1) is 0 Å². The summed E-state index contributed by atoms with van der Waals surface area (Å²) in [7, 11) is 0. The minimum absolute atomic E-state index is 0.143. The first-order valence-corrected chi connectivity index (χ1v) is 14.5. The van der Waals surface area contributed by atoms with Gasteiger partial charge in [-0.15, -0.1) is 0 Å². The van der Waals surface area contributed by atoms with Crippen LogP contribution in [0.25, 0.3) is 11.0 Å². The number of anilines is 1. The fraction of sp³-hybridized carbons (Fsp3) is 0.533. The van der Waals surface area contributed by atoms with Crippen LogP contribution in [0.4, 0.5) is 5.69 Å². The molecule has 0 radical (unpaired) electrons. The molecule has 2 saturated heterocycles. The Morgan fingerprint density at radius 2 is 1.59 bits per heavy atom. The number of imidazole rings is 1. The van der Waals surface area contributed by atoms with Crippen molar-refractivity contribution in [2.45, 2.75) is 70.9 Å². The van der Waals surface area contributed by atoms with Gasteiger partial charge < -0.3 is 15.1 Å². The number of likely N-dealkylation sites (tertiary alicyclic amines) is 2. The summed E-state index contributed by atoms with van der Waals surface area (Å²) in [6.07, 6.45) is 6.81. The summed E-state index contributed by atoms with van der Waals surface area (Å²) in [5.41, 5.74) is 4.64. The summed E-state index contributed by atoms with van der Waals surface area (Å²) in [6.45, 7) is 10.4. The third kappa shape index (κ3) is 5.78. The standard InChI is InChI=1S/C30H41N5OS/c1-23(2)25-11-4-5-12-26(25)31-29(37)33-21-15-24(16-22-33)35-28-14-7-6-13-27(28)34(30(35)36)20-10-19-32-17-8-3-9-18-32/h4-7,11-14,23-24H,3,8-10,15-22H2,1-2H3,(H,31,37). The van der Waals surface area contributed by atoms with E-state index in [4.69, 9.17) is 12.2 Å². The number of thiocarbonyl (C=S) groups is 1. The molecule has 0 amide bonds. The largest absolute Gasteiger partial charge is 0.349 e. The van der Waals surface area contributed by atoms with Gasteiger partial charge in [-0.25, -0.2) is 4.79 Å². The molecule has 198 valence electrons. The van der Waals surface area contributed by atoms with E-state index in [1.165, 1.54) is 37.9 Å². The molecule has 3 heterocycles. The predicted octanol–water partition coefficient (Wildman–Crippen LogP) is 5.84. The monoisotopic (exact) mass is 519 g/mol. The van der Waals surface area contributed by atoms with Gasteiger partial charge in [-0.05, 0) is 93.6 Å². The molecule has 2 aromatic carbocycles. The summed E-state index contributed by atoms with van der Waals surface area (Å²) in [6, 6.07) is 16.9. The summed E-state index contributed by atoms with van der Waals surface area (Å²) in [4.78, 5) is 18.5. The Hall–Kier alpha value is -2.64. The maximum atomic E-state index is 13.7. The molecular formula is C30H41N5OS. The van der Waals surface area contributed by atoms with Crippen molar-refractivity contribution in [3.05, 3.63) is 64.6 Å². The van der Waals surface area contributed by atoms with Crippen LogP contribution in [-0.2, 0) is 6.54 Å². The van der Waals surface area contributed by atoms with Crippen molar-refractivity contribution in [1.29, 1.82) is 0 Å². The van der Waals surface area contributed by atoms with Crippen molar-refractivity contribution in [3.63, 3.8) is 0 Å². The van der Waals surface area contributed by atoms with Crippen LogP contribution in [0.2, 0.25) is 0 Å². The van der Waals surface area contributed by atoms with Gasteiger partial charge in [0.25, 0.3) is 0 Å². The number of benzene rings is 2. The van der Waals surface area contributed by atoms with Gasteiger partial charge in [0.1, 0.15) is 0 Å². The van der Waals surface area contributed by atoms with Crippen molar-refractivity contribution in [2.24, 2.45) is 0 Å². The maximum Gasteiger partial charge on any atom is 0.329 e. The maximum absolute atomic E-state index is 13.7. The zero-order chi connectivity index (χ0) is 25.8. The molecule has 2 aliphatic heterocycles. The molecule has 0 saturated carbocycles. The lowest BCUT2D eigenvalue weighted by molar-refractivity contribution is 0.222. The van der Waals surface area contributed by atoms with Crippen molar-refractivity contribution < 1.29 is 0 Å². The van der Waals surface area contributed by atoms with E-state index in [1.54, 1.807) is 0 Å². The van der Waals surface area contributed by atoms with E-state index in [9.17, 15) is 4.79 Å². The zero-order valence-electron chi connectivity index (χ0n) is 22.4. The van der Waals surface area contributed by atoms with E-state index in [1.807, 2.05) is 4.57 Å². The number of para-hydroxylation sites is 3. The first-order valence-electron chi connectivity index (χ1n) is 14.1. The van der Waals surface area contributed by atoms with Gasteiger partial charge in [0.05, 0.1) is 11.0 Å². The van der Waals surface area contributed by atoms with Crippen molar-refractivity contribution in [2.75, 3.05) is 38.0 Å². The Kier molecular flexibility index (Phi) is 8.30. The average molecular weight is 520 g/mol. The number of nitrogens with one attached hydrogen (secondary N) is 1. The highest BCUT2D eigenvalue weighted by molar-refractivity contribution is 7.80. The number of nitrogens with zero attached hydrogens (tertiary/aromatic N) is 4. The number of rotatable bonds is 7. The minimum atomic E-state index is 0.143. The summed E-state index contributed by atoms with van der Waals surface area (Å²) in [5.74, 6) is 0.432. The summed E-state index contributed by atoms with van der Waals surface area (Å²) in [5, 5.41) is 4.27. The first-order chi connectivity index (χ1) is 18.0. The molecule has 0 bridgehead atoms. The predicted molar refractivity (Wildman–Crippen MR) is 158 cm³/mol. The molecule has 7 heteroatoms. The second-order valence-corrected chi connectivity index (χ2v) is 11.3. The molecule has 0 atom stereocenters. The molecule has 0 unspecified atom stereocenters. The van der Waals surface area contributed by atoms with Gasteiger partial charge in [0.2, 0.25) is 0 Å². The highest BCUT2D eigenvalue weighted by Crippen LogP contribution is 2.28. The Bertz CT molecular complexity index is 1260. The minimum Gasteiger partial charge on any atom is -0.349 e. The van der Waals surface area contributed by atoms with Crippen LogP contribution in [0.15, 0.2) is 53.3 Å². The molecule has 1 N–H and O–H groups in total. The Morgan fingerprint density at radius 1 is 0.919 bits per heavy atom. The van der Waals surface area contributed by atoms with E-state index in [2.05, 4.69) is 82.1 Å². The van der Waals surface area contributed by atoms with Gasteiger partial charge in [0, 0.05) is 31.4 Å². The number of hydrogen-bond donors (Lipinski definition) is 1. The highest BCUT2D eigenvalue weighted by Gasteiger charge is 2.26. The number of piperidine rings is 2. The Morgan fingerprint density at radius 3 is 2.32 bits per heavy atom. The molecule has 37 heavy (non-hydrogen) atoms. The van der Waals surface area contributed by atoms with Gasteiger partial charge in [-0.1, -0.05) is 50.6 Å². The topological polar surface area (TPSA) is 45.4 Å². The number of fused-ring (bicyclic) bond motifs is 1. The SMILES string of the molecule is CC(C)c1ccccc1NC(=S)N1CCC(n2c(=O)n(CCCN3CCCCC3)c3ccccc32)CC1. The average Bonchev–Trinajstić information content (AvgIpc) is 3.20. The van der Waals surface area contributed by atoms with Crippen molar-refractivity contribution in [3.8, 4) is 0 Å². The Balaban J connectivity index is 1.25. The van der Waals surface area contributed by atoms with Crippen LogP contribution in [0.3, 0.4) is 0 Å². The molecule has 2 fully saturated rings. The van der Waals surface area contributed by atoms with E-state index < -0.39 is 0 Å². The number of aromatic nitrogens is 2. The second-order valence-electron chi connectivity index (χ2n) is 10.9. The number of hydrogen-bond acceptors (Lipinski definition) is 3. The molecule has 0 spiro atoms. The third-order valence-electron chi connectivity index (χ3n) is 8.12. The van der Waals surface area contributed by atoms with Crippen LogP contribution < -0.4 is 11.0 Å². The van der Waals surface area contributed by atoms with E-state index in [-0.39, 0.29) is 11.7 Å². The fourth-order valence-electron chi connectivity index (χ4n) is 6.07. The second kappa shape index (κ2) is 11.8. The lowest BCUT2D eigenvalue weighted by Crippen LogP contribution is -2.43. The molecule has 3 aromatic rings. The Labute approximate surface area is 226 Å². The van der Waals surface area contributed by atoms with E-state index in [0.717, 1.165) is 67.3 Å². The van der Waals surface area contributed by atoms with E-state index >= 15 is 0 Å². The molecule has 1 aromatic heterocycles. The lowest BCUT2D eigenvalue weighted by atomic mass is 10.0. The first kappa shape index (κ1) is 26.0. The molecule has 6 nitrogen and oxygen atoms in total. The highest BCUT2D eigenvalue weighted by atomic mass is 32.1. The van der Waals surface area contributed by atoms with Crippen LogP contribution in [0.1, 0.15) is 69.9 Å². The van der Waals surface area contributed by atoms with Gasteiger partial charge in [-0.2, -0.15) is 0 Å². The van der Waals surface area contributed by atoms with Crippen molar-refractivity contribution in [1.82, 2.24) is 18.9 Å². The number of aryl methyl sites for hydroxylation is 1. The summed E-state index contributed by atoms with van der Waals surface area (Å²) >= 11 is 5.80. The van der Waals surface area contributed by atoms with Crippen LogP contribution in [-0.4, -0.2) is 56.8 Å². The molecule has 5 rings (SSSR count). The summed E-state index contributed by atoms with van der Waals surface area (Å²) < 4.78 is 4.08. The molecular weight excluding hydrogens is 478 g/mol. The quantitative estimate of drug-likeness (QED) is 0.398. The van der Waals surface area contributed by atoms with Crippen molar-refractivity contribution >= 4 is 34.1 Å². The third-order valence-corrected chi connectivity index (χ3v) is 8.48.